The molecule has 3 heteroatoms. The van der Waals surface area contributed by atoms with Gasteiger partial charge >= 0.3 is 5.97 Å². The number of fused-ring (bicyclic) bond motifs is 1. The molecule has 2 unspecified atom stereocenters. The minimum atomic E-state index is -0.363. The van der Waals surface area contributed by atoms with Gasteiger partial charge in [-0.05, 0) is 38.5 Å². The summed E-state index contributed by atoms with van der Waals surface area (Å²) in [6, 6.07) is 0. The summed E-state index contributed by atoms with van der Waals surface area (Å²) in [5.74, 6) is 1.73. The van der Waals surface area contributed by atoms with Crippen molar-refractivity contribution in [2.45, 2.75) is 26.7 Å². The van der Waals surface area contributed by atoms with Gasteiger partial charge in [-0.2, -0.15) is 0 Å². The topological polar surface area (TPSA) is 29.5 Å². The second-order valence-electron chi connectivity index (χ2n) is 5.67. The average molecular weight is 211 g/mol. The molecule has 3 nitrogen and oxygen atoms in total. The molecule has 0 spiro atoms. The van der Waals surface area contributed by atoms with E-state index in [2.05, 4.69) is 4.90 Å². The van der Waals surface area contributed by atoms with Gasteiger partial charge in [0.15, 0.2) is 0 Å². The van der Waals surface area contributed by atoms with Crippen molar-refractivity contribution >= 4 is 5.97 Å². The number of methoxy groups -OCH3 is 1. The highest BCUT2D eigenvalue weighted by Gasteiger charge is 2.42. The molecule has 0 aromatic heterocycles. The fourth-order valence-corrected chi connectivity index (χ4v) is 2.89. The lowest BCUT2D eigenvalue weighted by Gasteiger charge is -2.28. The molecule has 1 saturated heterocycles. The first kappa shape index (κ1) is 10.9. The van der Waals surface area contributed by atoms with Crippen LogP contribution in [0.25, 0.3) is 0 Å². The SMILES string of the molecule is COC(=O)C(C)(C)CN1CC2CCC2C1. The Morgan fingerprint density at radius 2 is 1.87 bits per heavy atom. The molecule has 1 saturated carbocycles. The fraction of sp³-hybridized carbons (Fsp3) is 0.917. The number of nitrogens with zero attached hydrogens (tertiary/aromatic N) is 1. The number of hydrogen-bond donors (Lipinski definition) is 0. The van der Waals surface area contributed by atoms with Crippen molar-refractivity contribution in [2.24, 2.45) is 17.3 Å². The number of rotatable bonds is 3. The van der Waals surface area contributed by atoms with Gasteiger partial charge in [0.25, 0.3) is 0 Å². The molecule has 15 heavy (non-hydrogen) atoms. The van der Waals surface area contributed by atoms with E-state index in [1.807, 2.05) is 13.8 Å². The highest BCUT2D eigenvalue weighted by Crippen LogP contribution is 2.41. The molecule has 2 rings (SSSR count). The van der Waals surface area contributed by atoms with Crippen LogP contribution in [0.4, 0.5) is 0 Å². The molecule has 0 N–H and O–H groups in total. The van der Waals surface area contributed by atoms with Crippen molar-refractivity contribution in [3.63, 3.8) is 0 Å². The Kier molecular flexibility index (Phi) is 2.75. The van der Waals surface area contributed by atoms with Gasteiger partial charge in [-0.1, -0.05) is 0 Å². The smallest absolute Gasteiger partial charge is 0.312 e. The van der Waals surface area contributed by atoms with Crippen molar-refractivity contribution in [3.05, 3.63) is 0 Å². The summed E-state index contributed by atoms with van der Waals surface area (Å²) in [5, 5.41) is 0. The van der Waals surface area contributed by atoms with Gasteiger partial charge in [0.05, 0.1) is 12.5 Å². The number of hydrogen-bond acceptors (Lipinski definition) is 3. The third-order valence-corrected chi connectivity index (χ3v) is 3.92. The van der Waals surface area contributed by atoms with E-state index in [4.69, 9.17) is 4.74 Å². The molecule has 86 valence electrons. The molecule has 0 aromatic carbocycles. The van der Waals surface area contributed by atoms with Gasteiger partial charge < -0.3 is 9.64 Å². The molecule has 1 aliphatic carbocycles. The maximum atomic E-state index is 11.6. The zero-order valence-electron chi connectivity index (χ0n) is 9.95. The maximum Gasteiger partial charge on any atom is 0.312 e. The first-order chi connectivity index (χ1) is 7.03. The van der Waals surface area contributed by atoms with Crippen molar-refractivity contribution in [3.8, 4) is 0 Å². The average Bonchev–Trinajstić information content (AvgIpc) is 2.42. The molecule has 0 bridgehead atoms. The Morgan fingerprint density at radius 3 is 2.27 bits per heavy atom. The molecule has 2 aliphatic rings. The van der Waals surface area contributed by atoms with Crippen LogP contribution in [0.1, 0.15) is 26.7 Å². The van der Waals surface area contributed by atoms with Crippen LogP contribution < -0.4 is 0 Å². The van der Waals surface area contributed by atoms with Gasteiger partial charge in [0, 0.05) is 19.6 Å². The van der Waals surface area contributed by atoms with E-state index in [0.29, 0.717) is 0 Å². The number of esters is 1. The van der Waals surface area contributed by atoms with E-state index in [1.165, 1.54) is 33.0 Å². The number of carbonyl (C=O) groups is 1. The standard InChI is InChI=1S/C12H21NO2/c1-12(2,11(14)15-3)8-13-6-9-4-5-10(9)7-13/h9-10H,4-8H2,1-3H3. The first-order valence-corrected chi connectivity index (χ1v) is 5.84. The minimum Gasteiger partial charge on any atom is -0.469 e. The number of likely N-dealkylation sites (tertiary alicyclic amines) is 1. The van der Waals surface area contributed by atoms with E-state index in [0.717, 1.165) is 18.4 Å². The molecular weight excluding hydrogens is 190 g/mol. The van der Waals surface area contributed by atoms with E-state index >= 15 is 0 Å². The normalized spacial score (nSPS) is 30.9. The summed E-state index contributed by atoms with van der Waals surface area (Å²) < 4.78 is 4.83. The van der Waals surface area contributed by atoms with Gasteiger partial charge in [-0.15, -0.1) is 0 Å². The largest absolute Gasteiger partial charge is 0.469 e. The maximum absolute atomic E-state index is 11.6. The minimum absolute atomic E-state index is 0.0956. The van der Waals surface area contributed by atoms with Gasteiger partial charge in [0.1, 0.15) is 0 Å². The van der Waals surface area contributed by atoms with Crippen LogP contribution >= 0.6 is 0 Å². The van der Waals surface area contributed by atoms with E-state index < -0.39 is 0 Å². The molecule has 1 aliphatic heterocycles. The molecule has 2 atom stereocenters. The molecule has 0 radical (unpaired) electrons. The Balaban J connectivity index is 1.88. The lowest BCUT2D eigenvalue weighted by atomic mass is 9.77. The molecule has 0 amide bonds. The summed E-state index contributed by atoms with van der Waals surface area (Å²) in [7, 11) is 1.47. The summed E-state index contributed by atoms with van der Waals surface area (Å²) in [5.41, 5.74) is -0.363. The Labute approximate surface area is 91.8 Å². The van der Waals surface area contributed by atoms with E-state index in [-0.39, 0.29) is 11.4 Å². The first-order valence-electron chi connectivity index (χ1n) is 5.84. The zero-order chi connectivity index (χ0) is 11.1. The van der Waals surface area contributed by atoms with E-state index in [1.54, 1.807) is 0 Å². The fourth-order valence-electron chi connectivity index (χ4n) is 2.89. The van der Waals surface area contributed by atoms with Gasteiger partial charge in [-0.3, -0.25) is 4.79 Å². The van der Waals surface area contributed by atoms with Crippen LogP contribution in [0, 0.1) is 17.3 Å². The lowest BCUT2D eigenvalue weighted by Crippen LogP contribution is -2.38. The van der Waals surface area contributed by atoms with Crippen LogP contribution in [-0.2, 0) is 9.53 Å². The third-order valence-electron chi connectivity index (χ3n) is 3.92. The van der Waals surface area contributed by atoms with Gasteiger partial charge in [-0.25, -0.2) is 0 Å². The second-order valence-corrected chi connectivity index (χ2v) is 5.67. The summed E-state index contributed by atoms with van der Waals surface area (Å²) in [6.07, 6.45) is 2.78. The molecular formula is C12H21NO2. The van der Waals surface area contributed by atoms with Crippen LogP contribution in [0.3, 0.4) is 0 Å². The van der Waals surface area contributed by atoms with Crippen LogP contribution in [0.2, 0.25) is 0 Å². The predicted octanol–water partition coefficient (Wildman–Crippen LogP) is 1.53. The highest BCUT2D eigenvalue weighted by atomic mass is 16.5. The Hall–Kier alpha value is -0.570. The van der Waals surface area contributed by atoms with Crippen molar-refractivity contribution in [2.75, 3.05) is 26.7 Å². The van der Waals surface area contributed by atoms with Crippen molar-refractivity contribution < 1.29 is 9.53 Å². The molecule has 1 heterocycles. The highest BCUT2D eigenvalue weighted by molar-refractivity contribution is 5.76. The summed E-state index contributed by atoms with van der Waals surface area (Å²) in [6.45, 7) is 7.15. The zero-order valence-corrected chi connectivity index (χ0v) is 9.95. The van der Waals surface area contributed by atoms with Crippen LogP contribution in [-0.4, -0.2) is 37.6 Å². The second kappa shape index (κ2) is 3.78. The van der Waals surface area contributed by atoms with E-state index in [9.17, 15) is 4.79 Å². The monoisotopic (exact) mass is 211 g/mol. The number of ether oxygens (including phenoxy) is 1. The van der Waals surface area contributed by atoms with Crippen molar-refractivity contribution in [1.29, 1.82) is 0 Å². The van der Waals surface area contributed by atoms with Crippen LogP contribution in [0.15, 0.2) is 0 Å². The summed E-state index contributed by atoms with van der Waals surface area (Å²) >= 11 is 0. The number of carbonyl (C=O) groups excluding carboxylic acids is 1. The Bertz CT molecular complexity index is 250. The predicted molar refractivity (Wildman–Crippen MR) is 58.5 cm³/mol. The van der Waals surface area contributed by atoms with Crippen LogP contribution in [0.5, 0.6) is 0 Å². The van der Waals surface area contributed by atoms with Gasteiger partial charge in [0.2, 0.25) is 0 Å². The Morgan fingerprint density at radius 1 is 1.33 bits per heavy atom. The summed E-state index contributed by atoms with van der Waals surface area (Å²) in [4.78, 5) is 14.0. The third kappa shape index (κ3) is 2.03. The molecule has 0 aromatic rings. The quantitative estimate of drug-likeness (QED) is 0.663. The lowest BCUT2D eigenvalue weighted by molar-refractivity contribution is -0.151. The van der Waals surface area contributed by atoms with Crippen molar-refractivity contribution in [1.82, 2.24) is 4.90 Å². The molecule has 2 fully saturated rings.